The van der Waals surface area contributed by atoms with Crippen molar-refractivity contribution < 1.29 is 9.59 Å². The first-order valence-electron chi connectivity index (χ1n) is 8.53. The molecule has 3 N–H and O–H groups in total. The van der Waals surface area contributed by atoms with E-state index in [-0.39, 0.29) is 12.5 Å². The molecule has 3 aromatic rings. The van der Waals surface area contributed by atoms with E-state index in [4.69, 9.17) is 0 Å². The minimum Gasteiger partial charge on any atom is -0.329 e. The summed E-state index contributed by atoms with van der Waals surface area (Å²) in [6, 6.07) is 14.5. The predicted molar refractivity (Wildman–Crippen MR) is 105 cm³/mol. The summed E-state index contributed by atoms with van der Waals surface area (Å²) in [7, 11) is 0. The molecule has 138 valence electrons. The molecular weight excluding hydrogens is 342 g/mol. The summed E-state index contributed by atoms with van der Waals surface area (Å²) in [5, 5.41) is 12.2. The van der Waals surface area contributed by atoms with Crippen LogP contribution in [0.1, 0.15) is 11.1 Å². The molecule has 0 aliphatic heterocycles. The van der Waals surface area contributed by atoms with Crippen molar-refractivity contribution in [3.05, 3.63) is 72.1 Å². The Morgan fingerprint density at radius 3 is 2.59 bits per heavy atom. The fraction of sp³-hybridized carbons (Fsp3) is 0.150. The molecule has 27 heavy (non-hydrogen) atoms. The van der Waals surface area contributed by atoms with Gasteiger partial charge in [0.2, 0.25) is 5.91 Å². The summed E-state index contributed by atoms with van der Waals surface area (Å²) in [4.78, 5) is 24.0. The number of aryl methyl sites for hydroxylation is 2. The summed E-state index contributed by atoms with van der Waals surface area (Å²) in [6.45, 7) is 3.72. The topological polar surface area (TPSA) is 88.0 Å². The molecule has 7 nitrogen and oxygen atoms in total. The lowest BCUT2D eigenvalue weighted by molar-refractivity contribution is -0.115. The zero-order chi connectivity index (χ0) is 19.2. The van der Waals surface area contributed by atoms with Crippen molar-refractivity contribution in [2.75, 3.05) is 17.2 Å². The van der Waals surface area contributed by atoms with Gasteiger partial charge < -0.3 is 16.0 Å². The minimum absolute atomic E-state index is 0.127. The molecule has 3 amide bonds. The fourth-order valence-corrected chi connectivity index (χ4v) is 2.61. The lowest BCUT2D eigenvalue weighted by Crippen LogP contribution is -2.35. The molecule has 0 radical (unpaired) electrons. The van der Waals surface area contributed by atoms with E-state index in [9.17, 15) is 9.59 Å². The zero-order valence-corrected chi connectivity index (χ0v) is 15.2. The van der Waals surface area contributed by atoms with Gasteiger partial charge in [0.15, 0.2) is 0 Å². The average Bonchev–Trinajstić information content (AvgIpc) is 3.16. The quantitative estimate of drug-likeness (QED) is 0.650. The summed E-state index contributed by atoms with van der Waals surface area (Å²) in [6.07, 6.45) is 3.56. The summed E-state index contributed by atoms with van der Waals surface area (Å²) in [5.74, 6) is -0.302. The fourth-order valence-electron chi connectivity index (χ4n) is 2.61. The molecule has 0 aliphatic carbocycles. The molecule has 0 saturated carbocycles. The molecule has 0 aliphatic rings. The number of nitrogens with one attached hydrogen (secondary N) is 3. The number of benzene rings is 2. The molecular formula is C20H21N5O2. The Kier molecular flexibility index (Phi) is 5.51. The second-order valence-corrected chi connectivity index (χ2v) is 6.18. The molecule has 0 bridgehead atoms. The SMILES string of the molecule is Cc1cccc(NC(=O)NCC(=O)Nc2ccc(-n3cccn3)cc2C)c1. The number of anilines is 2. The van der Waals surface area contributed by atoms with Gasteiger partial charge in [0.1, 0.15) is 0 Å². The van der Waals surface area contributed by atoms with Gasteiger partial charge in [-0.15, -0.1) is 0 Å². The highest BCUT2D eigenvalue weighted by Gasteiger charge is 2.08. The summed E-state index contributed by atoms with van der Waals surface area (Å²) in [5.41, 5.74) is 4.22. The Morgan fingerprint density at radius 1 is 1.04 bits per heavy atom. The lowest BCUT2D eigenvalue weighted by Gasteiger charge is -2.11. The number of rotatable bonds is 5. The third kappa shape index (κ3) is 4.94. The van der Waals surface area contributed by atoms with Gasteiger partial charge in [0, 0.05) is 23.8 Å². The third-order valence-electron chi connectivity index (χ3n) is 3.94. The first kappa shape index (κ1) is 18.2. The van der Waals surface area contributed by atoms with E-state index >= 15 is 0 Å². The molecule has 0 saturated heterocycles. The van der Waals surface area contributed by atoms with Crippen LogP contribution in [-0.4, -0.2) is 28.3 Å². The molecule has 1 heterocycles. The first-order valence-corrected chi connectivity index (χ1v) is 8.53. The van der Waals surface area contributed by atoms with Crippen molar-refractivity contribution in [3.63, 3.8) is 0 Å². The Balaban J connectivity index is 1.52. The maximum atomic E-state index is 12.1. The summed E-state index contributed by atoms with van der Waals surface area (Å²) >= 11 is 0. The first-order chi connectivity index (χ1) is 13.0. The molecule has 0 fully saturated rings. The Labute approximate surface area is 157 Å². The van der Waals surface area contributed by atoms with E-state index in [0.717, 1.165) is 16.8 Å². The van der Waals surface area contributed by atoms with Crippen LogP contribution in [0.3, 0.4) is 0 Å². The molecule has 0 spiro atoms. The van der Waals surface area contributed by atoms with Gasteiger partial charge in [-0.2, -0.15) is 5.10 Å². The van der Waals surface area contributed by atoms with Gasteiger partial charge in [-0.3, -0.25) is 4.79 Å². The van der Waals surface area contributed by atoms with Crippen molar-refractivity contribution >= 4 is 23.3 Å². The van der Waals surface area contributed by atoms with Crippen molar-refractivity contribution in [2.45, 2.75) is 13.8 Å². The van der Waals surface area contributed by atoms with E-state index in [2.05, 4.69) is 21.0 Å². The number of nitrogens with zero attached hydrogens (tertiary/aromatic N) is 2. The van der Waals surface area contributed by atoms with Crippen LogP contribution < -0.4 is 16.0 Å². The lowest BCUT2D eigenvalue weighted by atomic mass is 10.1. The Bertz CT molecular complexity index is 951. The van der Waals surface area contributed by atoms with Crippen LogP contribution in [0.15, 0.2) is 60.9 Å². The van der Waals surface area contributed by atoms with Crippen LogP contribution in [0.2, 0.25) is 0 Å². The van der Waals surface area contributed by atoms with Crippen LogP contribution in [-0.2, 0) is 4.79 Å². The van der Waals surface area contributed by atoms with Gasteiger partial charge in [0.25, 0.3) is 0 Å². The van der Waals surface area contributed by atoms with Crippen molar-refractivity contribution in [1.29, 1.82) is 0 Å². The number of aromatic nitrogens is 2. The molecule has 2 aromatic carbocycles. The highest BCUT2D eigenvalue weighted by atomic mass is 16.2. The average molecular weight is 363 g/mol. The standard InChI is InChI=1S/C20H21N5O2/c1-14-5-3-6-16(11-14)23-20(27)21-13-19(26)24-18-8-7-17(12-15(18)2)25-10-4-9-22-25/h3-12H,13H2,1-2H3,(H,24,26)(H2,21,23,27). The number of carbonyl (C=O) groups excluding carboxylic acids is 2. The van der Waals surface area contributed by atoms with E-state index in [1.54, 1.807) is 16.9 Å². The van der Waals surface area contributed by atoms with E-state index in [1.807, 2.05) is 62.5 Å². The monoisotopic (exact) mass is 363 g/mol. The largest absolute Gasteiger partial charge is 0.329 e. The number of carbonyl (C=O) groups is 2. The highest BCUT2D eigenvalue weighted by Crippen LogP contribution is 2.18. The van der Waals surface area contributed by atoms with Gasteiger partial charge >= 0.3 is 6.03 Å². The number of urea groups is 1. The number of amides is 3. The highest BCUT2D eigenvalue weighted by molar-refractivity contribution is 5.97. The smallest absolute Gasteiger partial charge is 0.319 e. The second kappa shape index (κ2) is 8.18. The van der Waals surface area contributed by atoms with Gasteiger partial charge in [0.05, 0.1) is 12.2 Å². The second-order valence-electron chi connectivity index (χ2n) is 6.18. The van der Waals surface area contributed by atoms with E-state index in [0.29, 0.717) is 11.4 Å². The van der Waals surface area contributed by atoms with Gasteiger partial charge in [-0.1, -0.05) is 12.1 Å². The predicted octanol–water partition coefficient (Wildman–Crippen LogP) is 3.25. The zero-order valence-electron chi connectivity index (χ0n) is 15.2. The molecule has 3 rings (SSSR count). The van der Waals surface area contributed by atoms with Crippen molar-refractivity contribution in [3.8, 4) is 5.69 Å². The number of hydrogen-bond donors (Lipinski definition) is 3. The van der Waals surface area contributed by atoms with Crippen LogP contribution in [0.5, 0.6) is 0 Å². The molecule has 1 aromatic heterocycles. The van der Waals surface area contributed by atoms with Crippen LogP contribution in [0.4, 0.5) is 16.2 Å². The van der Waals surface area contributed by atoms with Gasteiger partial charge in [-0.05, 0) is 61.4 Å². The summed E-state index contributed by atoms with van der Waals surface area (Å²) < 4.78 is 1.75. The third-order valence-corrected chi connectivity index (χ3v) is 3.94. The molecule has 0 atom stereocenters. The Morgan fingerprint density at radius 2 is 1.89 bits per heavy atom. The van der Waals surface area contributed by atoms with E-state index < -0.39 is 6.03 Å². The van der Waals surface area contributed by atoms with Crippen LogP contribution in [0.25, 0.3) is 5.69 Å². The normalized spacial score (nSPS) is 10.3. The van der Waals surface area contributed by atoms with E-state index in [1.165, 1.54) is 0 Å². The van der Waals surface area contributed by atoms with Gasteiger partial charge in [-0.25, -0.2) is 9.48 Å². The Hall–Kier alpha value is -3.61. The maximum absolute atomic E-state index is 12.1. The molecule has 7 heteroatoms. The van der Waals surface area contributed by atoms with Crippen LogP contribution in [0, 0.1) is 13.8 Å². The van der Waals surface area contributed by atoms with Crippen LogP contribution >= 0.6 is 0 Å². The van der Waals surface area contributed by atoms with Crippen molar-refractivity contribution in [1.82, 2.24) is 15.1 Å². The van der Waals surface area contributed by atoms with Crippen molar-refractivity contribution in [2.24, 2.45) is 0 Å². The minimum atomic E-state index is -0.429. The molecule has 0 unspecified atom stereocenters. The number of hydrogen-bond acceptors (Lipinski definition) is 3. The maximum Gasteiger partial charge on any atom is 0.319 e.